The molecule has 0 fully saturated rings. The Morgan fingerprint density at radius 3 is 2.71 bits per heavy atom. The summed E-state index contributed by atoms with van der Waals surface area (Å²) < 4.78 is 13.3. The van der Waals surface area contributed by atoms with Crippen molar-refractivity contribution in [2.24, 2.45) is 5.73 Å². The molecule has 2 heterocycles. The normalized spacial score (nSPS) is 9.81. The lowest BCUT2D eigenvalue weighted by Gasteiger charge is -2.06. The first-order valence-electron chi connectivity index (χ1n) is 6.23. The van der Waals surface area contributed by atoms with Crippen LogP contribution in [0, 0.1) is 5.82 Å². The van der Waals surface area contributed by atoms with E-state index < -0.39 is 5.82 Å². The van der Waals surface area contributed by atoms with Crippen LogP contribution in [0.25, 0.3) is 0 Å². The van der Waals surface area contributed by atoms with Crippen molar-refractivity contribution < 1.29 is 9.18 Å². The number of hydrogen-bond acceptors (Lipinski definition) is 4. The van der Waals surface area contributed by atoms with Crippen LogP contribution in [-0.4, -0.2) is 22.4 Å². The van der Waals surface area contributed by atoms with Crippen LogP contribution >= 0.6 is 12.4 Å². The summed E-state index contributed by atoms with van der Waals surface area (Å²) in [6.07, 6.45) is 3.63. The van der Waals surface area contributed by atoms with Crippen molar-refractivity contribution in [3.63, 3.8) is 0 Å². The van der Waals surface area contributed by atoms with E-state index in [0.717, 1.165) is 5.69 Å². The Balaban J connectivity index is 0.00000220. The van der Waals surface area contributed by atoms with E-state index in [9.17, 15) is 9.18 Å². The SMILES string of the molecule is Cl.NCCc1ccc(C(=O)NCc2ncccc2F)cn1. The molecular formula is C14H16ClFN4O. The molecule has 0 spiro atoms. The Hall–Kier alpha value is -2.05. The van der Waals surface area contributed by atoms with Gasteiger partial charge in [0.2, 0.25) is 0 Å². The van der Waals surface area contributed by atoms with Crippen LogP contribution in [-0.2, 0) is 13.0 Å². The summed E-state index contributed by atoms with van der Waals surface area (Å²) >= 11 is 0. The van der Waals surface area contributed by atoms with Crippen molar-refractivity contribution in [1.29, 1.82) is 0 Å². The molecule has 2 rings (SSSR count). The van der Waals surface area contributed by atoms with Crippen molar-refractivity contribution in [2.45, 2.75) is 13.0 Å². The van der Waals surface area contributed by atoms with E-state index in [1.165, 1.54) is 24.5 Å². The Bertz CT molecular complexity index is 592. The van der Waals surface area contributed by atoms with Crippen LogP contribution in [0.1, 0.15) is 21.7 Å². The van der Waals surface area contributed by atoms with Crippen LogP contribution in [0.2, 0.25) is 0 Å². The van der Waals surface area contributed by atoms with Gasteiger partial charge in [0, 0.05) is 24.5 Å². The predicted octanol–water partition coefficient (Wildman–Crippen LogP) is 1.47. The standard InChI is InChI=1S/C14H15FN4O.ClH/c15-12-2-1-7-17-13(12)9-19-14(20)10-3-4-11(5-6-16)18-8-10;/h1-4,7-8H,5-6,9,16H2,(H,19,20);1H. The monoisotopic (exact) mass is 310 g/mol. The molecule has 0 aliphatic carbocycles. The van der Waals surface area contributed by atoms with E-state index >= 15 is 0 Å². The predicted molar refractivity (Wildman–Crippen MR) is 79.6 cm³/mol. The Morgan fingerprint density at radius 2 is 2.10 bits per heavy atom. The summed E-state index contributed by atoms with van der Waals surface area (Å²) in [5.41, 5.74) is 6.88. The Kier molecular flexibility index (Phi) is 6.71. The fraction of sp³-hybridized carbons (Fsp3) is 0.214. The number of nitrogens with two attached hydrogens (primary N) is 1. The molecule has 0 atom stereocenters. The number of halogens is 2. The van der Waals surface area contributed by atoms with Crippen molar-refractivity contribution in [2.75, 3.05) is 6.54 Å². The van der Waals surface area contributed by atoms with Gasteiger partial charge in [-0.25, -0.2) is 4.39 Å². The highest BCUT2D eigenvalue weighted by atomic mass is 35.5. The fourth-order valence-corrected chi connectivity index (χ4v) is 1.67. The Labute approximate surface area is 128 Å². The molecule has 21 heavy (non-hydrogen) atoms. The third kappa shape index (κ3) is 4.77. The summed E-state index contributed by atoms with van der Waals surface area (Å²) in [5.74, 6) is -0.758. The third-order valence-electron chi connectivity index (χ3n) is 2.74. The molecule has 5 nitrogen and oxygen atoms in total. The van der Waals surface area contributed by atoms with E-state index in [0.29, 0.717) is 18.5 Å². The molecule has 3 N–H and O–H groups in total. The summed E-state index contributed by atoms with van der Waals surface area (Å²) in [5, 5.41) is 2.60. The summed E-state index contributed by atoms with van der Waals surface area (Å²) in [6, 6.07) is 6.23. The van der Waals surface area contributed by atoms with E-state index in [1.807, 2.05) is 0 Å². The number of amides is 1. The van der Waals surface area contributed by atoms with Crippen LogP contribution in [0.3, 0.4) is 0 Å². The molecule has 7 heteroatoms. The number of carbonyl (C=O) groups excluding carboxylic acids is 1. The van der Waals surface area contributed by atoms with Gasteiger partial charge >= 0.3 is 0 Å². The summed E-state index contributed by atoms with van der Waals surface area (Å²) in [4.78, 5) is 19.9. The molecule has 0 aromatic carbocycles. The number of rotatable bonds is 5. The highest BCUT2D eigenvalue weighted by Gasteiger charge is 2.08. The minimum Gasteiger partial charge on any atom is -0.346 e. The molecule has 0 bridgehead atoms. The molecule has 2 aromatic heterocycles. The molecule has 0 saturated heterocycles. The fourth-order valence-electron chi connectivity index (χ4n) is 1.67. The lowest BCUT2D eigenvalue weighted by atomic mass is 10.2. The Morgan fingerprint density at radius 1 is 1.29 bits per heavy atom. The molecule has 0 unspecified atom stereocenters. The zero-order chi connectivity index (χ0) is 14.4. The molecular weight excluding hydrogens is 295 g/mol. The van der Waals surface area contributed by atoms with Crippen molar-refractivity contribution in [3.8, 4) is 0 Å². The molecule has 1 amide bonds. The van der Waals surface area contributed by atoms with Gasteiger partial charge < -0.3 is 11.1 Å². The van der Waals surface area contributed by atoms with E-state index in [2.05, 4.69) is 15.3 Å². The molecule has 2 aromatic rings. The average Bonchev–Trinajstić information content (AvgIpc) is 2.47. The maximum absolute atomic E-state index is 13.3. The minimum absolute atomic E-state index is 0. The molecule has 0 aliphatic rings. The number of carbonyl (C=O) groups is 1. The maximum atomic E-state index is 13.3. The number of nitrogens with one attached hydrogen (secondary N) is 1. The number of hydrogen-bond donors (Lipinski definition) is 2. The second-order valence-corrected chi connectivity index (χ2v) is 4.19. The highest BCUT2D eigenvalue weighted by molar-refractivity contribution is 5.93. The lowest BCUT2D eigenvalue weighted by molar-refractivity contribution is 0.0949. The van der Waals surface area contributed by atoms with Gasteiger partial charge in [0.05, 0.1) is 17.8 Å². The summed E-state index contributed by atoms with van der Waals surface area (Å²) in [7, 11) is 0. The summed E-state index contributed by atoms with van der Waals surface area (Å²) in [6.45, 7) is 0.549. The largest absolute Gasteiger partial charge is 0.346 e. The number of aromatic nitrogens is 2. The second-order valence-electron chi connectivity index (χ2n) is 4.19. The molecule has 112 valence electrons. The van der Waals surface area contributed by atoms with Crippen LogP contribution < -0.4 is 11.1 Å². The van der Waals surface area contributed by atoms with Crippen molar-refractivity contribution in [3.05, 3.63) is 59.4 Å². The van der Waals surface area contributed by atoms with Crippen LogP contribution in [0.15, 0.2) is 36.7 Å². The molecule has 0 saturated carbocycles. The van der Waals surface area contributed by atoms with Crippen LogP contribution in [0.4, 0.5) is 4.39 Å². The zero-order valence-electron chi connectivity index (χ0n) is 11.3. The van der Waals surface area contributed by atoms with Gasteiger partial charge in [-0.15, -0.1) is 12.4 Å². The van der Waals surface area contributed by atoms with Gasteiger partial charge in [-0.05, 0) is 30.8 Å². The van der Waals surface area contributed by atoms with Gasteiger partial charge in [0.15, 0.2) is 0 Å². The third-order valence-corrected chi connectivity index (χ3v) is 2.74. The molecule has 0 radical (unpaired) electrons. The maximum Gasteiger partial charge on any atom is 0.253 e. The van der Waals surface area contributed by atoms with Crippen LogP contribution in [0.5, 0.6) is 0 Å². The number of pyridine rings is 2. The van der Waals surface area contributed by atoms with E-state index in [4.69, 9.17) is 5.73 Å². The van der Waals surface area contributed by atoms with E-state index in [-0.39, 0.29) is 30.6 Å². The van der Waals surface area contributed by atoms with Gasteiger partial charge in [-0.2, -0.15) is 0 Å². The first kappa shape index (κ1) is 17.0. The van der Waals surface area contributed by atoms with Gasteiger partial charge in [0.25, 0.3) is 5.91 Å². The van der Waals surface area contributed by atoms with Crippen molar-refractivity contribution >= 4 is 18.3 Å². The second kappa shape index (κ2) is 8.28. The smallest absolute Gasteiger partial charge is 0.253 e. The van der Waals surface area contributed by atoms with Gasteiger partial charge in [-0.1, -0.05) is 0 Å². The topological polar surface area (TPSA) is 80.9 Å². The quantitative estimate of drug-likeness (QED) is 0.876. The lowest BCUT2D eigenvalue weighted by Crippen LogP contribution is -2.24. The van der Waals surface area contributed by atoms with Gasteiger partial charge in [-0.3, -0.25) is 14.8 Å². The average molecular weight is 311 g/mol. The minimum atomic E-state index is -0.441. The molecule has 0 aliphatic heterocycles. The highest BCUT2D eigenvalue weighted by Crippen LogP contribution is 2.04. The van der Waals surface area contributed by atoms with Gasteiger partial charge in [0.1, 0.15) is 5.82 Å². The first-order valence-corrected chi connectivity index (χ1v) is 6.23. The first-order chi connectivity index (χ1) is 9.70. The van der Waals surface area contributed by atoms with E-state index in [1.54, 1.807) is 12.1 Å². The van der Waals surface area contributed by atoms with Crippen molar-refractivity contribution in [1.82, 2.24) is 15.3 Å². The number of nitrogens with zero attached hydrogens (tertiary/aromatic N) is 2. The zero-order valence-corrected chi connectivity index (χ0v) is 12.1.